The Morgan fingerprint density at radius 2 is 2.11 bits per heavy atom. The van der Waals surface area contributed by atoms with Crippen LogP contribution in [0.5, 0.6) is 0 Å². The molecule has 0 aliphatic carbocycles. The highest BCUT2D eigenvalue weighted by molar-refractivity contribution is 7.09. The lowest BCUT2D eigenvalue weighted by atomic mass is 10.1. The Hall–Kier alpha value is -1.96. The summed E-state index contributed by atoms with van der Waals surface area (Å²) in [5.41, 5.74) is 1.79. The van der Waals surface area contributed by atoms with E-state index in [1.54, 1.807) is 17.4 Å². The zero-order valence-electron chi connectivity index (χ0n) is 16.7. The molecule has 28 heavy (non-hydrogen) atoms. The number of aryl methyl sites for hydroxylation is 1. The predicted molar refractivity (Wildman–Crippen MR) is 112 cm³/mol. The Morgan fingerprint density at radius 1 is 1.32 bits per heavy atom. The number of thiophene rings is 1. The first-order chi connectivity index (χ1) is 13.6. The van der Waals surface area contributed by atoms with Crippen molar-refractivity contribution in [3.63, 3.8) is 0 Å². The number of aromatic nitrogens is 1. The lowest BCUT2D eigenvalue weighted by Crippen LogP contribution is -2.38. The largest absolute Gasteiger partial charge is 0.379 e. The molecule has 0 bridgehead atoms. The van der Waals surface area contributed by atoms with Gasteiger partial charge < -0.3 is 14.6 Å². The van der Waals surface area contributed by atoms with Crippen LogP contribution >= 0.6 is 11.3 Å². The summed E-state index contributed by atoms with van der Waals surface area (Å²) < 4.78 is 7.44. The molecule has 3 heterocycles. The minimum Gasteiger partial charge on any atom is -0.379 e. The van der Waals surface area contributed by atoms with Crippen LogP contribution in [0.3, 0.4) is 0 Å². The highest BCUT2D eigenvalue weighted by Gasteiger charge is 2.19. The number of amides is 1. The minimum absolute atomic E-state index is 0.192. The molecule has 0 atom stereocenters. The average molecular weight is 404 g/mol. The lowest BCUT2D eigenvalue weighted by molar-refractivity contribution is 0.0374. The Morgan fingerprint density at radius 3 is 2.79 bits per heavy atom. The molecule has 0 unspecified atom stereocenters. The van der Waals surface area contributed by atoms with Gasteiger partial charge in [-0.05, 0) is 37.8 Å². The third kappa shape index (κ3) is 5.10. The Kier molecular flexibility index (Phi) is 7.42. The van der Waals surface area contributed by atoms with Crippen molar-refractivity contribution in [3.8, 4) is 0 Å². The molecule has 0 saturated carbocycles. The van der Waals surface area contributed by atoms with Crippen LogP contribution < -0.4 is 10.7 Å². The molecule has 7 heteroatoms. The van der Waals surface area contributed by atoms with E-state index in [2.05, 4.69) is 20.9 Å². The molecular weight excluding hydrogens is 374 g/mol. The van der Waals surface area contributed by atoms with E-state index in [4.69, 9.17) is 4.74 Å². The van der Waals surface area contributed by atoms with Crippen LogP contribution in [0.2, 0.25) is 0 Å². The van der Waals surface area contributed by atoms with Gasteiger partial charge in [-0.25, -0.2) is 0 Å². The van der Waals surface area contributed by atoms with Crippen molar-refractivity contribution in [2.45, 2.75) is 33.2 Å². The van der Waals surface area contributed by atoms with E-state index in [1.165, 1.54) is 4.88 Å². The van der Waals surface area contributed by atoms with E-state index < -0.39 is 0 Å². The second-order valence-electron chi connectivity index (χ2n) is 7.05. The molecule has 1 saturated heterocycles. The molecule has 0 aromatic carbocycles. The van der Waals surface area contributed by atoms with Crippen molar-refractivity contribution in [2.75, 3.05) is 39.4 Å². The molecule has 3 rings (SSSR count). The normalized spacial score (nSPS) is 14.9. The maximum Gasteiger partial charge on any atom is 0.257 e. The lowest BCUT2D eigenvalue weighted by Gasteiger charge is -2.26. The number of morpholine rings is 1. The number of nitrogens with one attached hydrogen (secondary N) is 1. The standard InChI is InChI=1S/C21H29N3O3S/c1-3-18-20(21(26)22-7-5-8-23-9-11-27-12-10-23)19(25)14-16(2)24(18)15-17-6-4-13-28-17/h4,6,13-14H,3,5,7-12,15H2,1-2H3,(H,22,26). The number of nitrogens with zero attached hydrogens (tertiary/aromatic N) is 2. The third-order valence-corrected chi connectivity index (χ3v) is 5.98. The van der Waals surface area contributed by atoms with Gasteiger partial charge in [0.1, 0.15) is 5.56 Å². The van der Waals surface area contributed by atoms with Crippen LogP contribution in [-0.2, 0) is 17.7 Å². The third-order valence-electron chi connectivity index (χ3n) is 5.12. The van der Waals surface area contributed by atoms with Gasteiger partial charge in [-0.3, -0.25) is 14.5 Å². The van der Waals surface area contributed by atoms with Crippen LogP contribution in [0.4, 0.5) is 0 Å². The van der Waals surface area contributed by atoms with Crippen molar-refractivity contribution in [1.82, 2.24) is 14.8 Å². The van der Waals surface area contributed by atoms with E-state index in [0.29, 0.717) is 19.5 Å². The minimum atomic E-state index is -0.260. The summed E-state index contributed by atoms with van der Waals surface area (Å²) in [6.07, 6.45) is 1.50. The van der Waals surface area contributed by atoms with Gasteiger partial charge in [0.05, 0.1) is 19.8 Å². The van der Waals surface area contributed by atoms with Crippen LogP contribution in [-0.4, -0.2) is 54.8 Å². The van der Waals surface area contributed by atoms with Crippen LogP contribution in [0.1, 0.15) is 40.0 Å². The van der Waals surface area contributed by atoms with Crippen molar-refractivity contribution in [2.24, 2.45) is 0 Å². The van der Waals surface area contributed by atoms with Gasteiger partial charge in [0, 0.05) is 42.0 Å². The van der Waals surface area contributed by atoms with Gasteiger partial charge >= 0.3 is 0 Å². The summed E-state index contributed by atoms with van der Waals surface area (Å²) >= 11 is 1.68. The van der Waals surface area contributed by atoms with Gasteiger partial charge in [-0.1, -0.05) is 13.0 Å². The van der Waals surface area contributed by atoms with E-state index in [-0.39, 0.29) is 16.9 Å². The number of carbonyl (C=O) groups excluding carboxylic acids is 1. The monoisotopic (exact) mass is 403 g/mol. The van der Waals surface area contributed by atoms with E-state index in [1.807, 2.05) is 25.3 Å². The summed E-state index contributed by atoms with van der Waals surface area (Å²) in [4.78, 5) is 29.0. The van der Waals surface area contributed by atoms with Crippen molar-refractivity contribution in [1.29, 1.82) is 0 Å². The first kappa shape index (κ1) is 20.8. The smallest absolute Gasteiger partial charge is 0.257 e. The summed E-state index contributed by atoms with van der Waals surface area (Å²) in [6, 6.07) is 5.67. The molecule has 1 aliphatic heterocycles. The fourth-order valence-electron chi connectivity index (χ4n) is 3.64. The first-order valence-corrected chi connectivity index (χ1v) is 10.8. The molecule has 152 valence electrons. The fraction of sp³-hybridized carbons (Fsp3) is 0.524. The zero-order valence-corrected chi connectivity index (χ0v) is 17.5. The highest BCUT2D eigenvalue weighted by atomic mass is 32.1. The van der Waals surface area contributed by atoms with Crippen molar-refractivity contribution in [3.05, 3.63) is 55.6 Å². The molecule has 1 N–H and O–H groups in total. The molecule has 1 aliphatic rings. The van der Waals surface area contributed by atoms with Crippen LogP contribution in [0.25, 0.3) is 0 Å². The fourth-order valence-corrected chi connectivity index (χ4v) is 4.33. The number of carbonyl (C=O) groups is 1. The Labute approximate surface area is 170 Å². The number of hydrogen-bond donors (Lipinski definition) is 1. The van der Waals surface area contributed by atoms with E-state index in [9.17, 15) is 9.59 Å². The first-order valence-electron chi connectivity index (χ1n) is 9.94. The molecular formula is C21H29N3O3S. The number of pyridine rings is 1. The predicted octanol–water partition coefficient (Wildman–Crippen LogP) is 2.28. The van der Waals surface area contributed by atoms with Gasteiger partial charge in [-0.2, -0.15) is 0 Å². The molecule has 2 aromatic rings. The molecule has 0 radical (unpaired) electrons. The Bertz CT molecular complexity index is 839. The zero-order chi connectivity index (χ0) is 19.9. The number of rotatable bonds is 8. The molecule has 1 amide bonds. The summed E-state index contributed by atoms with van der Waals surface area (Å²) in [6.45, 7) is 9.55. The highest BCUT2D eigenvalue weighted by Crippen LogP contribution is 2.16. The SMILES string of the molecule is CCc1c(C(=O)NCCCN2CCOCC2)c(=O)cc(C)n1Cc1cccs1. The molecule has 1 fully saturated rings. The van der Waals surface area contributed by atoms with Gasteiger partial charge in [0.25, 0.3) is 5.91 Å². The molecule has 2 aromatic heterocycles. The van der Waals surface area contributed by atoms with Crippen LogP contribution in [0, 0.1) is 6.92 Å². The number of ether oxygens (including phenoxy) is 1. The molecule has 0 spiro atoms. The second kappa shape index (κ2) is 10.0. The van der Waals surface area contributed by atoms with E-state index in [0.717, 1.165) is 50.7 Å². The maximum atomic E-state index is 12.8. The second-order valence-corrected chi connectivity index (χ2v) is 8.09. The quantitative estimate of drug-likeness (QED) is 0.687. The summed E-state index contributed by atoms with van der Waals surface area (Å²) in [5.74, 6) is -0.260. The summed E-state index contributed by atoms with van der Waals surface area (Å²) in [7, 11) is 0. The molecule has 6 nitrogen and oxygen atoms in total. The van der Waals surface area contributed by atoms with Gasteiger partial charge in [-0.15, -0.1) is 11.3 Å². The van der Waals surface area contributed by atoms with Crippen LogP contribution in [0.15, 0.2) is 28.4 Å². The van der Waals surface area contributed by atoms with Gasteiger partial charge in [0.15, 0.2) is 5.43 Å². The Balaban J connectivity index is 1.69. The van der Waals surface area contributed by atoms with Gasteiger partial charge in [0.2, 0.25) is 0 Å². The van der Waals surface area contributed by atoms with Crippen molar-refractivity contribution >= 4 is 17.2 Å². The summed E-state index contributed by atoms with van der Waals surface area (Å²) in [5, 5.41) is 4.99. The maximum absolute atomic E-state index is 12.8. The van der Waals surface area contributed by atoms with E-state index >= 15 is 0 Å². The van der Waals surface area contributed by atoms with Crippen molar-refractivity contribution < 1.29 is 9.53 Å². The number of hydrogen-bond acceptors (Lipinski definition) is 5. The average Bonchev–Trinajstić information content (AvgIpc) is 3.21. The topological polar surface area (TPSA) is 63.6 Å².